The van der Waals surface area contributed by atoms with Crippen molar-refractivity contribution in [3.05, 3.63) is 31.7 Å². The van der Waals surface area contributed by atoms with Crippen LogP contribution in [0.15, 0.2) is 11.2 Å². The first-order valence-electron chi connectivity index (χ1n) is 7.43. The number of aryl methyl sites for hydroxylation is 3. The van der Waals surface area contributed by atoms with Crippen molar-refractivity contribution in [3.8, 4) is 0 Å². The first kappa shape index (κ1) is 20.3. The van der Waals surface area contributed by atoms with Gasteiger partial charge in [-0.05, 0) is 20.3 Å². The predicted octanol–water partition coefficient (Wildman–Crippen LogP) is 3.30. The Hall–Kier alpha value is -0.740. The van der Waals surface area contributed by atoms with E-state index in [9.17, 15) is 0 Å². The van der Waals surface area contributed by atoms with Gasteiger partial charge in [0.2, 0.25) is 0 Å². The maximum Gasteiger partial charge on any atom is 0.191 e. The summed E-state index contributed by atoms with van der Waals surface area (Å²) in [6.07, 6.45) is 3.96. The molecule has 0 unspecified atom stereocenters. The van der Waals surface area contributed by atoms with Crippen molar-refractivity contribution >= 4 is 52.6 Å². The molecule has 5 nitrogen and oxygen atoms in total. The van der Waals surface area contributed by atoms with Crippen LogP contribution in [-0.2, 0) is 19.4 Å². The Bertz CT molecular complexity index is 636. The number of hydrogen-bond acceptors (Lipinski definition) is 5. The first-order chi connectivity index (χ1) is 10.6. The number of guanidine groups is 1. The Morgan fingerprint density at radius 3 is 2.61 bits per heavy atom. The summed E-state index contributed by atoms with van der Waals surface area (Å²) in [5.74, 6) is 0.812. The number of halogens is 1. The van der Waals surface area contributed by atoms with Crippen LogP contribution < -0.4 is 10.6 Å². The van der Waals surface area contributed by atoms with Crippen LogP contribution in [0.1, 0.15) is 32.4 Å². The van der Waals surface area contributed by atoms with Crippen LogP contribution in [0, 0.1) is 13.8 Å². The van der Waals surface area contributed by atoms with E-state index in [0.717, 1.165) is 41.1 Å². The average molecular weight is 465 g/mol. The summed E-state index contributed by atoms with van der Waals surface area (Å²) in [6.45, 7) is 7.82. The van der Waals surface area contributed by atoms with E-state index in [0.29, 0.717) is 6.54 Å². The molecule has 0 aliphatic heterocycles. The smallest absolute Gasteiger partial charge is 0.191 e. The Labute approximate surface area is 163 Å². The fourth-order valence-electron chi connectivity index (χ4n) is 2.07. The van der Waals surface area contributed by atoms with Crippen molar-refractivity contribution in [2.24, 2.45) is 4.99 Å². The van der Waals surface area contributed by atoms with E-state index in [1.165, 1.54) is 9.75 Å². The quantitative estimate of drug-likeness (QED) is 0.391. The number of rotatable bonds is 6. The highest BCUT2D eigenvalue weighted by Crippen LogP contribution is 2.17. The van der Waals surface area contributed by atoms with E-state index in [1.54, 1.807) is 29.7 Å². The molecule has 0 aliphatic carbocycles. The maximum absolute atomic E-state index is 4.45. The molecule has 0 aromatic carbocycles. The van der Waals surface area contributed by atoms with Crippen molar-refractivity contribution in [3.63, 3.8) is 0 Å². The maximum atomic E-state index is 4.45. The van der Waals surface area contributed by atoms with Crippen molar-refractivity contribution in [2.75, 3.05) is 13.6 Å². The molecule has 2 rings (SSSR count). The van der Waals surface area contributed by atoms with Gasteiger partial charge in [0.25, 0.3) is 0 Å². The number of aromatic nitrogens is 2. The summed E-state index contributed by atoms with van der Waals surface area (Å²) in [5.41, 5.74) is 1.14. The lowest BCUT2D eigenvalue weighted by molar-refractivity contribution is 0.793. The summed E-state index contributed by atoms with van der Waals surface area (Å²) >= 11 is 3.52. The van der Waals surface area contributed by atoms with E-state index in [2.05, 4.69) is 39.4 Å². The second-order valence-electron chi connectivity index (χ2n) is 4.92. The highest BCUT2D eigenvalue weighted by atomic mass is 127. The summed E-state index contributed by atoms with van der Waals surface area (Å²) in [7, 11) is 1.79. The SMILES string of the molecule is CCc1cnc(CNC(=NC)NCCc2sc(C)nc2C)s1.I. The van der Waals surface area contributed by atoms with Crippen LogP contribution in [0.4, 0.5) is 0 Å². The van der Waals surface area contributed by atoms with Gasteiger partial charge in [-0.2, -0.15) is 0 Å². The summed E-state index contributed by atoms with van der Waals surface area (Å²) in [6, 6.07) is 0. The third-order valence-electron chi connectivity index (χ3n) is 3.22. The molecule has 0 amide bonds. The monoisotopic (exact) mass is 465 g/mol. The van der Waals surface area contributed by atoms with Crippen LogP contribution in [0.25, 0.3) is 0 Å². The molecule has 23 heavy (non-hydrogen) atoms. The highest BCUT2D eigenvalue weighted by molar-refractivity contribution is 14.0. The minimum Gasteiger partial charge on any atom is -0.356 e. The van der Waals surface area contributed by atoms with Gasteiger partial charge in [0.1, 0.15) is 5.01 Å². The minimum absolute atomic E-state index is 0. The summed E-state index contributed by atoms with van der Waals surface area (Å²) in [5, 5.41) is 8.87. The van der Waals surface area contributed by atoms with Gasteiger partial charge >= 0.3 is 0 Å². The zero-order chi connectivity index (χ0) is 15.9. The van der Waals surface area contributed by atoms with Crippen LogP contribution in [-0.4, -0.2) is 29.5 Å². The molecule has 8 heteroatoms. The Kier molecular flexibility index (Phi) is 9.00. The molecule has 0 fully saturated rings. The fraction of sp³-hybridized carbons (Fsp3) is 0.533. The average Bonchev–Trinajstić information content (AvgIpc) is 3.09. The molecule has 0 saturated carbocycles. The number of thiazole rings is 2. The van der Waals surface area contributed by atoms with Crippen molar-refractivity contribution in [1.29, 1.82) is 0 Å². The predicted molar refractivity (Wildman–Crippen MR) is 110 cm³/mol. The normalized spacial score (nSPS) is 11.2. The zero-order valence-electron chi connectivity index (χ0n) is 14.0. The molecule has 2 heterocycles. The van der Waals surface area contributed by atoms with Gasteiger partial charge in [-0.25, -0.2) is 9.97 Å². The molecule has 0 spiro atoms. The molecule has 0 bridgehead atoms. The third-order valence-corrected chi connectivity index (χ3v) is 5.50. The van der Waals surface area contributed by atoms with Crippen molar-refractivity contribution in [2.45, 2.75) is 40.2 Å². The molecule has 128 valence electrons. The van der Waals surface area contributed by atoms with Crippen LogP contribution in [0.3, 0.4) is 0 Å². The fourth-order valence-corrected chi connectivity index (χ4v) is 3.81. The van der Waals surface area contributed by atoms with E-state index >= 15 is 0 Å². The van der Waals surface area contributed by atoms with Gasteiger partial charge < -0.3 is 10.6 Å². The molecule has 2 N–H and O–H groups in total. The van der Waals surface area contributed by atoms with Crippen LogP contribution in [0.5, 0.6) is 0 Å². The topological polar surface area (TPSA) is 62.2 Å². The van der Waals surface area contributed by atoms with Crippen LogP contribution in [0.2, 0.25) is 0 Å². The number of nitrogens with zero attached hydrogens (tertiary/aromatic N) is 3. The van der Waals surface area contributed by atoms with Crippen molar-refractivity contribution in [1.82, 2.24) is 20.6 Å². The lowest BCUT2D eigenvalue weighted by atomic mass is 10.3. The van der Waals surface area contributed by atoms with Gasteiger partial charge in [-0.3, -0.25) is 4.99 Å². The number of hydrogen-bond donors (Lipinski definition) is 2. The lowest BCUT2D eigenvalue weighted by Gasteiger charge is -2.10. The van der Waals surface area contributed by atoms with E-state index in [4.69, 9.17) is 0 Å². The minimum atomic E-state index is 0. The van der Waals surface area contributed by atoms with Crippen molar-refractivity contribution < 1.29 is 0 Å². The lowest BCUT2D eigenvalue weighted by Crippen LogP contribution is -2.37. The van der Waals surface area contributed by atoms with E-state index in [1.807, 2.05) is 13.1 Å². The molecule has 0 radical (unpaired) electrons. The number of nitrogens with one attached hydrogen (secondary N) is 2. The van der Waals surface area contributed by atoms with Gasteiger partial charge in [0.05, 0.1) is 17.2 Å². The Balaban J connectivity index is 0.00000264. The van der Waals surface area contributed by atoms with Gasteiger partial charge in [-0.1, -0.05) is 6.92 Å². The highest BCUT2D eigenvalue weighted by Gasteiger charge is 2.06. The Morgan fingerprint density at radius 1 is 1.26 bits per heavy atom. The van der Waals surface area contributed by atoms with E-state index in [-0.39, 0.29) is 24.0 Å². The molecule has 0 aliphatic rings. The van der Waals surface area contributed by atoms with Crippen LogP contribution >= 0.6 is 46.7 Å². The third kappa shape index (κ3) is 6.34. The van der Waals surface area contributed by atoms with Gasteiger partial charge in [0, 0.05) is 36.0 Å². The molecule has 0 saturated heterocycles. The molecule has 2 aromatic rings. The first-order valence-corrected chi connectivity index (χ1v) is 9.06. The summed E-state index contributed by atoms with van der Waals surface area (Å²) < 4.78 is 0. The Morgan fingerprint density at radius 2 is 2.04 bits per heavy atom. The molecule has 0 atom stereocenters. The summed E-state index contributed by atoms with van der Waals surface area (Å²) in [4.78, 5) is 15.8. The second kappa shape index (κ2) is 10.2. The molecular formula is C15H24IN5S2. The number of aliphatic imine (C=N–C) groups is 1. The second-order valence-corrected chi connectivity index (χ2v) is 7.41. The standard InChI is InChI=1S/C15H23N5S2.HI/c1-5-12-8-18-14(22-12)9-19-15(16-4)17-7-6-13-10(2)20-11(3)21-13;/h8H,5-7,9H2,1-4H3,(H2,16,17,19);1H. The van der Waals surface area contributed by atoms with E-state index < -0.39 is 0 Å². The largest absolute Gasteiger partial charge is 0.356 e. The van der Waals surface area contributed by atoms with Gasteiger partial charge in [-0.15, -0.1) is 46.7 Å². The zero-order valence-corrected chi connectivity index (χ0v) is 17.9. The van der Waals surface area contributed by atoms with Gasteiger partial charge in [0.15, 0.2) is 5.96 Å². The molecule has 2 aromatic heterocycles. The molecular weight excluding hydrogens is 441 g/mol.